The average molecular weight is 233 g/mol. The molecule has 82 valence electrons. The molecule has 1 aromatic rings. The van der Waals surface area contributed by atoms with Crippen LogP contribution in [0, 0.1) is 11.3 Å². The van der Waals surface area contributed by atoms with E-state index < -0.39 is 5.97 Å². The summed E-state index contributed by atoms with van der Waals surface area (Å²) in [4.78, 5) is 11.8. The minimum atomic E-state index is -1.18. The van der Waals surface area contributed by atoms with Gasteiger partial charge in [-0.25, -0.2) is 4.79 Å². The molecule has 4 heteroatoms. The van der Waals surface area contributed by atoms with Crippen molar-refractivity contribution in [2.75, 3.05) is 6.26 Å². The van der Waals surface area contributed by atoms with E-state index in [0.29, 0.717) is 5.57 Å². The SMILES string of the molecule is CSc1ccccc1/C(C)=C(/C#N)C(=O)O. The highest BCUT2D eigenvalue weighted by molar-refractivity contribution is 7.98. The third-order valence-electron chi connectivity index (χ3n) is 2.21. The Balaban J connectivity index is 3.39. The normalized spacial score (nSPS) is 11.6. The zero-order valence-corrected chi connectivity index (χ0v) is 9.84. The molecule has 3 nitrogen and oxygen atoms in total. The predicted octanol–water partition coefficient (Wildman–Crippen LogP) is 2.79. The molecular formula is C12H11NO2S. The highest BCUT2D eigenvalue weighted by Crippen LogP contribution is 2.28. The van der Waals surface area contributed by atoms with Crippen molar-refractivity contribution in [1.29, 1.82) is 5.26 Å². The molecule has 0 aliphatic heterocycles. The minimum Gasteiger partial charge on any atom is -0.477 e. The van der Waals surface area contributed by atoms with E-state index in [-0.39, 0.29) is 5.57 Å². The lowest BCUT2D eigenvalue weighted by Crippen LogP contribution is -2.01. The van der Waals surface area contributed by atoms with Gasteiger partial charge in [0.2, 0.25) is 0 Å². The fraction of sp³-hybridized carbons (Fsp3) is 0.167. The summed E-state index contributed by atoms with van der Waals surface area (Å²) in [7, 11) is 0. The van der Waals surface area contributed by atoms with Crippen LogP contribution in [0.5, 0.6) is 0 Å². The number of hydrogen-bond donors (Lipinski definition) is 1. The summed E-state index contributed by atoms with van der Waals surface area (Å²) in [5.41, 5.74) is 1.09. The van der Waals surface area contributed by atoms with Crippen LogP contribution in [0.4, 0.5) is 0 Å². The lowest BCUT2D eigenvalue weighted by atomic mass is 10.0. The molecule has 0 aliphatic carbocycles. The van der Waals surface area contributed by atoms with Gasteiger partial charge in [-0.05, 0) is 30.4 Å². The monoisotopic (exact) mass is 233 g/mol. The number of hydrogen-bond acceptors (Lipinski definition) is 3. The van der Waals surface area contributed by atoms with Gasteiger partial charge < -0.3 is 5.11 Å². The Hall–Kier alpha value is -1.73. The molecule has 0 saturated carbocycles. The molecule has 1 rings (SSSR count). The Morgan fingerprint density at radius 2 is 2.06 bits per heavy atom. The molecule has 0 aliphatic rings. The van der Waals surface area contributed by atoms with E-state index in [1.54, 1.807) is 13.0 Å². The van der Waals surface area contributed by atoms with E-state index in [9.17, 15) is 4.79 Å². The van der Waals surface area contributed by atoms with E-state index >= 15 is 0 Å². The number of rotatable bonds is 3. The number of allylic oxidation sites excluding steroid dienone is 1. The van der Waals surface area contributed by atoms with Gasteiger partial charge in [0.25, 0.3) is 0 Å². The number of carboxylic acid groups (broad SMARTS) is 1. The van der Waals surface area contributed by atoms with Gasteiger partial charge in [-0.1, -0.05) is 18.2 Å². The van der Waals surface area contributed by atoms with Gasteiger partial charge in [-0.2, -0.15) is 5.26 Å². The topological polar surface area (TPSA) is 61.1 Å². The second-order valence-corrected chi connectivity index (χ2v) is 3.97. The number of carbonyl (C=O) groups is 1. The first-order valence-corrected chi connectivity index (χ1v) is 5.82. The van der Waals surface area contributed by atoms with Crippen LogP contribution < -0.4 is 0 Å². The standard InChI is InChI=1S/C12H11NO2S/c1-8(10(7-13)12(14)15)9-5-3-4-6-11(9)16-2/h3-6H,1-2H3,(H,14,15)/b10-8-. The summed E-state index contributed by atoms with van der Waals surface area (Å²) in [6.07, 6.45) is 1.92. The molecule has 1 aromatic carbocycles. The van der Waals surface area contributed by atoms with Gasteiger partial charge in [-0.15, -0.1) is 11.8 Å². The number of thioether (sulfide) groups is 1. The first-order valence-electron chi connectivity index (χ1n) is 4.59. The summed E-state index contributed by atoms with van der Waals surface area (Å²) in [5, 5.41) is 17.7. The molecular weight excluding hydrogens is 222 g/mol. The van der Waals surface area contributed by atoms with Gasteiger partial charge in [-0.3, -0.25) is 0 Å². The van der Waals surface area contributed by atoms with Gasteiger partial charge in [0.15, 0.2) is 0 Å². The second kappa shape index (κ2) is 5.38. The summed E-state index contributed by atoms with van der Waals surface area (Å²) in [6.45, 7) is 1.65. The molecule has 0 saturated heterocycles. The van der Waals surface area contributed by atoms with Crippen LogP contribution in [0.25, 0.3) is 5.57 Å². The van der Waals surface area contributed by atoms with Crippen LogP contribution in [0.15, 0.2) is 34.7 Å². The Bertz CT molecular complexity index is 486. The van der Waals surface area contributed by atoms with Gasteiger partial charge >= 0.3 is 5.97 Å². The highest BCUT2D eigenvalue weighted by Gasteiger charge is 2.13. The van der Waals surface area contributed by atoms with Gasteiger partial charge in [0.05, 0.1) is 0 Å². The van der Waals surface area contributed by atoms with Crippen LogP contribution in [0.3, 0.4) is 0 Å². The minimum absolute atomic E-state index is 0.207. The number of carboxylic acids is 1. The van der Waals surface area contributed by atoms with Crippen molar-refractivity contribution in [3.63, 3.8) is 0 Å². The Kier molecular flexibility index (Phi) is 4.15. The maximum absolute atomic E-state index is 10.9. The molecule has 0 amide bonds. The summed E-state index contributed by atoms with van der Waals surface area (Å²) in [6, 6.07) is 9.16. The fourth-order valence-electron chi connectivity index (χ4n) is 1.38. The molecule has 0 bridgehead atoms. The van der Waals surface area contributed by atoms with Gasteiger partial charge in [0.1, 0.15) is 11.6 Å². The maximum atomic E-state index is 10.9. The van der Waals surface area contributed by atoms with E-state index in [4.69, 9.17) is 10.4 Å². The van der Waals surface area contributed by atoms with Crippen molar-refractivity contribution in [2.24, 2.45) is 0 Å². The van der Waals surface area contributed by atoms with E-state index in [1.165, 1.54) is 11.8 Å². The molecule has 0 unspecified atom stereocenters. The summed E-state index contributed by atoms with van der Waals surface area (Å²) in [5.74, 6) is -1.18. The number of benzene rings is 1. The van der Waals surface area contributed by atoms with Crippen molar-refractivity contribution >= 4 is 23.3 Å². The lowest BCUT2D eigenvalue weighted by molar-refractivity contribution is -0.132. The van der Waals surface area contributed by atoms with E-state index in [1.807, 2.05) is 30.5 Å². The Labute approximate surface area is 98.4 Å². The largest absolute Gasteiger partial charge is 0.477 e. The summed E-state index contributed by atoms with van der Waals surface area (Å²) < 4.78 is 0. The van der Waals surface area contributed by atoms with Crippen molar-refractivity contribution in [1.82, 2.24) is 0 Å². The summed E-state index contributed by atoms with van der Waals surface area (Å²) >= 11 is 1.53. The molecule has 0 aromatic heterocycles. The molecule has 16 heavy (non-hydrogen) atoms. The Morgan fingerprint density at radius 3 is 2.56 bits per heavy atom. The smallest absolute Gasteiger partial charge is 0.346 e. The third kappa shape index (κ3) is 2.44. The molecule has 0 radical (unpaired) electrons. The second-order valence-electron chi connectivity index (χ2n) is 3.12. The Morgan fingerprint density at radius 1 is 1.44 bits per heavy atom. The fourth-order valence-corrected chi connectivity index (χ4v) is 2.04. The molecule has 0 fully saturated rings. The first-order chi connectivity index (χ1) is 7.61. The number of aliphatic carboxylic acids is 1. The zero-order chi connectivity index (χ0) is 12.1. The number of nitrogens with zero attached hydrogens (tertiary/aromatic N) is 1. The van der Waals surface area contributed by atoms with Crippen LogP contribution >= 0.6 is 11.8 Å². The van der Waals surface area contributed by atoms with Crippen molar-refractivity contribution < 1.29 is 9.90 Å². The lowest BCUT2D eigenvalue weighted by Gasteiger charge is -2.07. The quantitative estimate of drug-likeness (QED) is 0.495. The molecule has 1 N–H and O–H groups in total. The maximum Gasteiger partial charge on any atom is 0.346 e. The highest BCUT2D eigenvalue weighted by atomic mass is 32.2. The molecule has 0 heterocycles. The van der Waals surface area contributed by atoms with Crippen molar-refractivity contribution in [2.45, 2.75) is 11.8 Å². The van der Waals surface area contributed by atoms with Crippen molar-refractivity contribution in [3.05, 3.63) is 35.4 Å². The van der Waals surface area contributed by atoms with E-state index in [2.05, 4.69) is 0 Å². The van der Waals surface area contributed by atoms with Gasteiger partial charge in [0, 0.05) is 4.90 Å². The van der Waals surface area contributed by atoms with Crippen LogP contribution in [-0.4, -0.2) is 17.3 Å². The van der Waals surface area contributed by atoms with E-state index in [0.717, 1.165) is 10.5 Å². The molecule has 0 atom stereocenters. The van der Waals surface area contributed by atoms with Crippen LogP contribution in [0.1, 0.15) is 12.5 Å². The average Bonchev–Trinajstić information content (AvgIpc) is 2.29. The zero-order valence-electron chi connectivity index (χ0n) is 9.02. The number of nitriles is 1. The molecule has 0 spiro atoms. The van der Waals surface area contributed by atoms with Crippen LogP contribution in [0.2, 0.25) is 0 Å². The first kappa shape index (κ1) is 12.3. The van der Waals surface area contributed by atoms with Crippen LogP contribution in [-0.2, 0) is 4.79 Å². The third-order valence-corrected chi connectivity index (χ3v) is 3.01. The van der Waals surface area contributed by atoms with Crippen molar-refractivity contribution in [3.8, 4) is 6.07 Å². The predicted molar refractivity (Wildman–Crippen MR) is 64.1 cm³/mol.